The smallest absolute Gasteiger partial charge is 0.273 e. The summed E-state index contributed by atoms with van der Waals surface area (Å²) in [5.41, 5.74) is 1.55. The molecule has 19 heavy (non-hydrogen) atoms. The van der Waals surface area contributed by atoms with E-state index in [-0.39, 0.29) is 5.56 Å². The van der Waals surface area contributed by atoms with Gasteiger partial charge in [-0.3, -0.25) is 4.79 Å². The van der Waals surface area contributed by atoms with Gasteiger partial charge in [0.2, 0.25) is 0 Å². The summed E-state index contributed by atoms with van der Waals surface area (Å²) in [5, 5.41) is 3.11. The summed E-state index contributed by atoms with van der Waals surface area (Å²) in [5.74, 6) is 0. The van der Waals surface area contributed by atoms with Gasteiger partial charge in [-0.15, -0.1) is 0 Å². The van der Waals surface area contributed by atoms with Gasteiger partial charge >= 0.3 is 0 Å². The molecule has 4 nitrogen and oxygen atoms in total. The first-order valence-electron chi connectivity index (χ1n) is 6.91. The molecule has 0 bridgehead atoms. The molecule has 0 atom stereocenters. The number of aryl methyl sites for hydroxylation is 1. The molecule has 0 unspecified atom stereocenters. The Balaban J connectivity index is 2.68. The molecule has 0 saturated carbocycles. The summed E-state index contributed by atoms with van der Waals surface area (Å²) in [6.45, 7) is 7.84. The maximum absolute atomic E-state index is 12.5. The Labute approximate surface area is 113 Å². The molecule has 0 fully saturated rings. The van der Waals surface area contributed by atoms with Crippen molar-refractivity contribution in [2.45, 2.75) is 33.6 Å². The minimum absolute atomic E-state index is 0.0353. The highest BCUT2D eigenvalue weighted by atomic mass is 16.1. The highest BCUT2D eigenvalue weighted by Crippen LogP contribution is 2.11. The molecule has 2 rings (SSSR count). The molecule has 0 aliphatic carbocycles. The van der Waals surface area contributed by atoms with Crippen molar-refractivity contribution in [3.8, 4) is 0 Å². The lowest BCUT2D eigenvalue weighted by Crippen LogP contribution is -2.44. The zero-order chi connectivity index (χ0) is 13.8. The first-order valence-corrected chi connectivity index (χ1v) is 6.91. The topological polar surface area (TPSA) is 38.1 Å². The van der Waals surface area contributed by atoms with Crippen LogP contribution in [-0.4, -0.2) is 22.7 Å². The van der Waals surface area contributed by atoms with E-state index in [4.69, 9.17) is 0 Å². The first kappa shape index (κ1) is 13.6. The summed E-state index contributed by atoms with van der Waals surface area (Å²) < 4.78 is 1.75. The van der Waals surface area contributed by atoms with Crippen LogP contribution in [0.3, 0.4) is 0 Å². The summed E-state index contributed by atoms with van der Waals surface area (Å²) in [7, 11) is 0. The lowest BCUT2D eigenvalue weighted by Gasteiger charge is -2.27. The number of aromatic nitrogens is 2. The van der Waals surface area contributed by atoms with Gasteiger partial charge in [0.1, 0.15) is 0 Å². The van der Waals surface area contributed by atoms with Crippen molar-refractivity contribution in [1.29, 1.82) is 0 Å². The second-order valence-corrected chi connectivity index (χ2v) is 4.81. The van der Waals surface area contributed by atoms with Gasteiger partial charge in [-0.2, -0.15) is 0 Å². The fraction of sp³-hybridized carbons (Fsp3) is 0.467. The van der Waals surface area contributed by atoms with Gasteiger partial charge in [-0.25, -0.2) is 9.66 Å². The van der Waals surface area contributed by atoms with E-state index in [1.165, 1.54) is 0 Å². The second-order valence-electron chi connectivity index (χ2n) is 4.81. The molecule has 2 heterocycles. The minimum atomic E-state index is 0.0353. The monoisotopic (exact) mass is 259 g/mol. The molecule has 102 valence electrons. The third-order valence-electron chi connectivity index (χ3n) is 3.17. The van der Waals surface area contributed by atoms with E-state index in [0.717, 1.165) is 42.5 Å². The van der Waals surface area contributed by atoms with E-state index in [9.17, 15) is 4.79 Å². The van der Waals surface area contributed by atoms with Crippen LogP contribution in [0.1, 0.15) is 32.3 Å². The van der Waals surface area contributed by atoms with Crippen LogP contribution in [0.2, 0.25) is 0 Å². The fourth-order valence-corrected chi connectivity index (χ4v) is 2.35. The Kier molecular flexibility index (Phi) is 4.20. The molecule has 2 aromatic heterocycles. The van der Waals surface area contributed by atoms with Crippen molar-refractivity contribution in [3.63, 3.8) is 0 Å². The Bertz CT molecular complexity index is 612. The standard InChI is InChI=1S/C15H21N3O/c1-4-9-17(10-5-2)18-14-13(7-6-8-16-14)11-12(3)15(18)19/h6-8,11H,4-5,9-10H2,1-3H3. The number of hydrogen-bond acceptors (Lipinski definition) is 3. The van der Waals surface area contributed by atoms with Crippen molar-refractivity contribution in [2.75, 3.05) is 18.1 Å². The van der Waals surface area contributed by atoms with Crippen LogP contribution >= 0.6 is 0 Å². The van der Waals surface area contributed by atoms with E-state index >= 15 is 0 Å². The van der Waals surface area contributed by atoms with Gasteiger partial charge < -0.3 is 5.01 Å². The van der Waals surface area contributed by atoms with Crippen LogP contribution < -0.4 is 10.6 Å². The number of fused-ring (bicyclic) bond motifs is 1. The lowest BCUT2D eigenvalue weighted by atomic mass is 10.2. The lowest BCUT2D eigenvalue weighted by molar-refractivity contribution is 0.564. The normalized spacial score (nSPS) is 10.9. The highest BCUT2D eigenvalue weighted by Gasteiger charge is 2.12. The Morgan fingerprint density at radius 3 is 2.58 bits per heavy atom. The highest BCUT2D eigenvalue weighted by molar-refractivity contribution is 5.75. The maximum Gasteiger partial charge on any atom is 0.273 e. The fourth-order valence-electron chi connectivity index (χ4n) is 2.35. The summed E-state index contributed by atoms with van der Waals surface area (Å²) in [6, 6.07) is 5.82. The average molecular weight is 259 g/mol. The average Bonchev–Trinajstić information content (AvgIpc) is 2.40. The predicted octanol–water partition coefficient (Wildman–Crippen LogP) is 2.46. The third-order valence-corrected chi connectivity index (χ3v) is 3.17. The summed E-state index contributed by atoms with van der Waals surface area (Å²) in [4.78, 5) is 16.8. The van der Waals surface area contributed by atoms with Gasteiger partial charge in [0.05, 0.1) is 0 Å². The number of hydrogen-bond donors (Lipinski definition) is 0. The molecular formula is C15H21N3O. The van der Waals surface area contributed by atoms with Crippen molar-refractivity contribution >= 4 is 11.0 Å². The Morgan fingerprint density at radius 2 is 1.95 bits per heavy atom. The van der Waals surface area contributed by atoms with Crippen molar-refractivity contribution in [3.05, 3.63) is 40.3 Å². The molecule has 0 N–H and O–H groups in total. The molecule has 0 saturated heterocycles. The number of pyridine rings is 2. The van der Waals surface area contributed by atoms with Gasteiger partial charge in [0.15, 0.2) is 5.65 Å². The van der Waals surface area contributed by atoms with E-state index in [2.05, 4.69) is 23.8 Å². The molecular weight excluding hydrogens is 238 g/mol. The van der Waals surface area contributed by atoms with Gasteiger partial charge in [-0.05, 0) is 38.0 Å². The van der Waals surface area contributed by atoms with Crippen molar-refractivity contribution in [2.24, 2.45) is 0 Å². The van der Waals surface area contributed by atoms with E-state index in [0.29, 0.717) is 0 Å². The van der Waals surface area contributed by atoms with Crippen LogP contribution in [0.5, 0.6) is 0 Å². The van der Waals surface area contributed by atoms with Crippen LogP contribution in [0.4, 0.5) is 0 Å². The quantitative estimate of drug-likeness (QED) is 0.828. The van der Waals surface area contributed by atoms with Crippen LogP contribution in [0.25, 0.3) is 11.0 Å². The van der Waals surface area contributed by atoms with Crippen molar-refractivity contribution in [1.82, 2.24) is 9.66 Å². The SMILES string of the molecule is CCCN(CCC)n1c(=O)c(C)cc2cccnc21. The number of rotatable bonds is 5. The first-order chi connectivity index (χ1) is 9.19. The molecule has 0 aromatic carbocycles. The summed E-state index contributed by atoms with van der Waals surface area (Å²) >= 11 is 0. The molecule has 2 aromatic rings. The van der Waals surface area contributed by atoms with E-state index in [1.807, 2.05) is 25.1 Å². The van der Waals surface area contributed by atoms with Gasteiger partial charge in [-0.1, -0.05) is 13.8 Å². The second kappa shape index (κ2) is 5.87. The zero-order valence-electron chi connectivity index (χ0n) is 11.9. The molecule has 0 amide bonds. The van der Waals surface area contributed by atoms with Gasteiger partial charge in [0.25, 0.3) is 5.56 Å². The van der Waals surface area contributed by atoms with Crippen LogP contribution in [0, 0.1) is 6.92 Å². The number of nitrogens with zero attached hydrogens (tertiary/aromatic N) is 3. The molecule has 0 radical (unpaired) electrons. The van der Waals surface area contributed by atoms with E-state index < -0.39 is 0 Å². The minimum Gasteiger partial charge on any atom is -0.308 e. The van der Waals surface area contributed by atoms with E-state index in [1.54, 1.807) is 10.9 Å². The Hall–Kier alpha value is -1.84. The van der Waals surface area contributed by atoms with Gasteiger partial charge in [0, 0.05) is 30.2 Å². The Morgan fingerprint density at radius 1 is 1.26 bits per heavy atom. The molecule has 4 heteroatoms. The largest absolute Gasteiger partial charge is 0.308 e. The van der Waals surface area contributed by atoms with Crippen LogP contribution in [-0.2, 0) is 0 Å². The third kappa shape index (κ3) is 2.62. The van der Waals surface area contributed by atoms with Crippen LogP contribution in [0.15, 0.2) is 29.2 Å². The maximum atomic E-state index is 12.5. The summed E-state index contributed by atoms with van der Waals surface area (Å²) in [6.07, 6.45) is 3.76. The zero-order valence-corrected chi connectivity index (χ0v) is 11.9. The molecule has 0 aliphatic rings. The van der Waals surface area contributed by atoms with Crippen molar-refractivity contribution < 1.29 is 0 Å². The molecule has 0 aliphatic heterocycles. The predicted molar refractivity (Wildman–Crippen MR) is 79.3 cm³/mol. The molecule has 0 spiro atoms.